The van der Waals surface area contributed by atoms with Crippen molar-refractivity contribution in [2.45, 2.75) is 31.6 Å². The van der Waals surface area contributed by atoms with Crippen molar-refractivity contribution in [3.05, 3.63) is 42.4 Å². The molecule has 6 nitrogen and oxygen atoms in total. The van der Waals surface area contributed by atoms with Crippen molar-refractivity contribution in [3.8, 4) is 0 Å². The van der Waals surface area contributed by atoms with E-state index in [1.54, 1.807) is 12.5 Å². The third-order valence-corrected chi connectivity index (χ3v) is 4.07. The van der Waals surface area contributed by atoms with Crippen LogP contribution in [0.1, 0.15) is 36.8 Å². The first-order valence-corrected chi connectivity index (χ1v) is 7.87. The molecule has 0 saturated carbocycles. The van der Waals surface area contributed by atoms with E-state index in [4.69, 9.17) is 4.42 Å². The SMILES string of the molecule is O=C(NCCCc1ccco1)N1CCCC(c2ncc[nH]2)C1. The molecule has 0 aliphatic carbocycles. The minimum atomic E-state index is 0.0238. The van der Waals surface area contributed by atoms with Crippen LogP contribution in [0, 0.1) is 0 Å². The number of piperidine rings is 1. The van der Waals surface area contributed by atoms with Gasteiger partial charge in [0, 0.05) is 44.4 Å². The highest BCUT2D eigenvalue weighted by Gasteiger charge is 2.25. The minimum Gasteiger partial charge on any atom is -0.469 e. The van der Waals surface area contributed by atoms with Gasteiger partial charge in [0.1, 0.15) is 11.6 Å². The molecule has 1 aliphatic rings. The first-order valence-electron chi connectivity index (χ1n) is 7.87. The van der Waals surface area contributed by atoms with Gasteiger partial charge in [-0.05, 0) is 31.4 Å². The zero-order valence-electron chi connectivity index (χ0n) is 12.6. The molecule has 2 aromatic heterocycles. The minimum absolute atomic E-state index is 0.0238. The van der Waals surface area contributed by atoms with Crippen molar-refractivity contribution in [2.75, 3.05) is 19.6 Å². The van der Waals surface area contributed by atoms with Gasteiger partial charge in [-0.15, -0.1) is 0 Å². The van der Waals surface area contributed by atoms with E-state index in [9.17, 15) is 4.79 Å². The summed E-state index contributed by atoms with van der Waals surface area (Å²) in [5, 5.41) is 3.00. The first kappa shape index (κ1) is 14.7. The van der Waals surface area contributed by atoms with Crippen molar-refractivity contribution >= 4 is 6.03 Å². The van der Waals surface area contributed by atoms with E-state index in [0.29, 0.717) is 12.5 Å². The predicted molar refractivity (Wildman–Crippen MR) is 82.6 cm³/mol. The Kier molecular flexibility index (Phi) is 4.78. The van der Waals surface area contributed by atoms with Crippen molar-refractivity contribution in [3.63, 3.8) is 0 Å². The summed E-state index contributed by atoms with van der Waals surface area (Å²) in [5.74, 6) is 2.26. The van der Waals surface area contributed by atoms with Crippen LogP contribution in [-0.2, 0) is 6.42 Å². The fourth-order valence-corrected chi connectivity index (χ4v) is 2.91. The summed E-state index contributed by atoms with van der Waals surface area (Å²) in [5.41, 5.74) is 0. The fraction of sp³-hybridized carbons (Fsp3) is 0.500. The quantitative estimate of drug-likeness (QED) is 0.833. The lowest BCUT2D eigenvalue weighted by molar-refractivity contribution is 0.178. The number of imidazole rings is 1. The van der Waals surface area contributed by atoms with E-state index in [0.717, 1.165) is 50.4 Å². The molecule has 2 amide bonds. The van der Waals surface area contributed by atoms with Crippen molar-refractivity contribution in [1.29, 1.82) is 0 Å². The Hall–Kier alpha value is -2.24. The van der Waals surface area contributed by atoms with Crippen LogP contribution in [0.2, 0.25) is 0 Å². The number of amides is 2. The molecule has 22 heavy (non-hydrogen) atoms. The number of urea groups is 1. The molecular formula is C16H22N4O2. The number of aryl methyl sites for hydroxylation is 1. The van der Waals surface area contributed by atoms with E-state index >= 15 is 0 Å². The number of nitrogens with zero attached hydrogens (tertiary/aromatic N) is 2. The number of likely N-dealkylation sites (tertiary alicyclic amines) is 1. The van der Waals surface area contributed by atoms with Crippen LogP contribution in [0.4, 0.5) is 4.79 Å². The zero-order chi connectivity index (χ0) is 15.2. The molecule has 3 heterocycles. The molecule has 1 fully saturated rings. The Bertz CT molecular complexity index is 565. The number of carbonyl (C=O) groups excluding carboxylic acids is 1. The number of H-pyrrole nitrogens is 1. The van der Waals surface area contributed by atoms with Gasteiger partial charge in [-0.1, -0.05) is 0 Å². The highest BCUT2D eigenvalue weighted by atomic mass is 16.3. The Balaban J connectivity index is 1.41. The lowest BCUT2D eigenvalue weighted by Gasteiger charge is -2.31. The van der Waals surface area contributed by atoms with Crippen molar-refractivity contribution < 1.29 is 9.21 Å². The second-order valence-corrected chi connectivity index (χ2v) is 5.67. The molecular weight excluding hydrogens is 280 g/mol. The third kappa shape index (κ3) is 3.69. The molecule has 2 N–H and O–H groups in total. The smallest absolute Gasteiger partial charge is 0.317 e. The van der Waals surface area contributed by atoms with Gasteiger partial charge in [0.05, 0.1) is 6.26 Å². The van der Waals surface area contributed by atoms with Crippen LogP contribution < -0.4 is 5.32 Å². The summed E-state index contributed by atoms with van der Waals surface area (Å²) in [6, 6.07) is 3.87. The molecule has 0 bridgehead atoms. The maximum atomic E-state index is 12.2. The number of hydrogen-bond acceptors (Lipinski definition) is 3. The van der Waals surface area contributed by atoms with E-state index in [2.05, 4.69) is 15.3 Å². The molecule has 118 valence electrons. The number of hydrogen-bond donors (Lipinski definition) is 2. The average molecular weight is 302 g/mol. The van der Waals surface area contributed by atoms with Gasteiger partial charge < -0.3 is 19.6 Å². The summed E-state index contributed by atoms with van der Waals surface area (Å²) in [6.07, 6.45) is 9.11. The lowest BCUT2D eigenvalue weighted by atomic mass is 9.98. The molecule has 1 aliphatic heterocycles. The van der Waals surface area contributed by atoms with Gasteiger partial charge in [-0.2, -0.15) is 0 Å². The van der Waals surface area contributed by atoms with Crippen LogP contribution in [0.5, 0.6) is 0 Å². The van der Waals surface area contributed by atoms with Crippen LogP contribution in [0.3, 0.4) is 0 Å². The summed E-state index contributed by atoms with van der Waals surface area (Å²) >= 11 is 0. The number of furan rings is 1. The first-order chi connectivity index (χ1) is 10.8. The number of carbonyl (C=O) groups is 1. The number of rotatable bonds is 5. The molecule has 3 rings (SSSR count). The molecule has 1 unspecified atom stereocenters. The predicted octanol–water partition coefficient (Wildman–Crippen LogP) is 2.52. The Morgan fingerprint density at radius 1 is 1.55 bits per heavy atom. The van der Waals surface area contributed by atoms with Crippen LogP contribution >= 0.6 is 0 Å². The number of nitrogens with one attached hydrogen (secondary N) is 2. The molecule has 0 radical (unpaired) electrons. The summed E-state index contributed by atoms with van der Waals surface area (Å²) < 4.78 is 5.28. The standard InChI is InChI=1S/C16H22N4O2/c21-16(19-7-1-5-14-6-3-11-22-14)20-10-2-4-13(12-20)15-17-8-9-18-15/h3,6,8-9,11,13H,1-2,4-5,7,10,12H2,(H,17,18)(H,19,21). The zero-order valence-corrected chi connectivity index (χ0v) is 12.6. The van der Waals surface area contributed by atoms with Gasteiger partial charge in [0.25, 0.3) is 0 Å². The second-order valence-electron chi connectivity index (χ2n) is 5.67. The summed E-state index contributed by atoms with van der Waals surface area (Å²) in [6.45, 7) is 2.22. The fourth-order valence-electron chi connectivity index (χ4n) is 2.91. The highest BCUT2D eigenvalue weighted by molar-refractivity contribution is 5.74. The Labute approximate surface area is 129 Å². The third-order valence-electron chi connectivity index (χ3n) is 4.07. The van der Waals surface area contributed by atoms with E-state index < -0.39 is 0 Å². The highest BCUT2D eigenvalue weighted by Crippen LogP contribution is 2.24. The maximum absolute atomic E-state index is 12.2. The normalized spacial score (nSPS) is 18.4. The van der Waals surface area contributed by atoms with Gasteiger partial charge in [-0.25, -0.2) is 9.78 Å². The van der Waals surface area contributed by atoms with E-state index in [1.165, 1.54) is 0 Å². The number of aromatic nitrogens is 2. The van der Waals surface area contributed by atoms with Gasteiger partial charge >= 0.3 is 6.03 Å². The van der Waals surface area contributed by atoms with Gasteiger partial charge in [-0.3, -0.25) is 0 Å². The Morgan fingerprint density at radius 2 is 2.50 bits per heavy atom. The van der Waals surface area contributed by atoms with Crippen molar-refractivity contribution in [1.82, 2.24) is 20.2 Å². The largest absolute Gasteiger partial charge is 0.469 e. The number of aromatic amines is 1. The molecule has 6 heteroatoms. The lowest BCUT2D eigenvalue weighted by Crippen LogP contribution is -2.45. The van der Waals surface area contributed by atoms with Crippen LogP contribution in [0.15, 0.2) is 35.2 Å². The monoisotopic (exact) mass is 302 g/mol. The maximum Gasteiger partial charge on any atom is 0.317 e. The van der Waals surface area contributed by atoms with Crippen LogP contribution in [-0.4, -0.2) is 40.5 Å². The van der Waals surface area contributed by atoms with Crippen molar-refractivity contribution in [2.24, 2.45) is 0 Å². The average Bonchev–Trinajstić information content (AvgIpc) is 3.24. The Morgan fingerprint density at radius 3 is 3.27 bits per heavy atom. The summed E-state index contributed by atoms with van der Waals surface area (Å²) in [4.78, 5) is 21.6. The van der Waals surface area contributed by atoms with E-state index in [1.807, 2.05) is 23.2 Å². The topological polar surface area (TPSA) is 74.2 Å². The van der Waals surface area contributed by atoms with Gasteiger partial charge in [0.15, 0.2) is 0 Å². The van der Waals surface area contributed by atoms with E-state index in [-0.39, 0.29) is 6.03 Å². The molecule has 2 aromatic rings. The van der Waals surface area contributed by atoms with Gasteiger partial charge in [0.2, 0.25) is 0 Å². The summed E-state index contributed by atoms with van der Waals surface area (Å²) in [7, 11) is 0. The molecule has 0 spiro atoms. The molecule has 1 saturated heterocycles. The van der Waals surface area contributed by atoms with Crippen LogP contribution in [0.25, 0.3) is 0 Å². The second kappa shape index (κ2) is 7.15. The molecule has 1 atom stereocenters. The molecule has 0 aromatic carbocycles.